The number of unbranched alkanes of at least 4 members (excludes halogenated alkanes) is 1. The Morgan fingerprint density at radius 3 is 2.31 bits per heavy atom. The van der Waals surface area contributed by atoms with Gasteiger partial charge < -0.3 is 20.1 Å². The molecule has 0 saturated carbocycles. The van der Waals surface area contributed by atoms with Crippen molar-refractivity contribution < 1.29 is 14.3 Å². The zero-order chi connectivity index (χ0) is 20.3. The SMILES string of the molecule is CCCCOc1ccccc1NC(=O)CNc1ccc(Oc2ccccc2)cc1. The summed E-state index contributed by atoms with van der Waals surface area (Å²) in [7, 11) is 0. The number of carbonyl (C=O) groups excluding carboxylic acids is 1. The average Bonchev–Trinajstić information content (AvgIpc) is 2.75. The number of nitrogens with one attached hydrogen (secondary N) is 2. The van der Waals surface area contributed by atoms with E-state index in [4.69, 9.17) is 9.47 Å². The fourth-order valence-electron chi connectivity index (χ4n) is 2.66. The number of ether oxygens (including phenoxy) is 2. The van der Waals surface area contributed by atoms with E-state index in [1.165, 1.54) is 0 Å². The standard InChI is InChI=1S/C24H26N2O3/c1-2-3-17-28-23-12-8-7-11-22(23)26-24(27)18-25-19-13-15-21(16-14-19)29-20-9-5-4-6-10-20/h4-16,25H,2-3,17-18H2,1H3,(H,26,27). The molecule has 0 fully saturated rings. The molecule has 5 heteroatoms. The van der Waals surface area contributed by atoms with Crippen LogP contribution in [0.5, 0.6) is 17.2 Å². The molecule has 29 heavy (non-hydrogen) atoms. The van der Waals surface area contributed by atoms with Gasteiger partial charge in [-0.1, -0.05) is 43.7 Å². The minimum absolute atomic E-state index is 0.138. The van der Waals surface area contributed by atoms with Gasteiger partial charge in [-0.2, -0.15) is 0 Å². The van der Waals surface area contributed by atoms with Crippen LogP contribution < -0.4 is 20.1 Å². The van der Waals surface area contributed by atoms with E-state index in [9.17, 15) is 4.79 Å². The molecule has 0 radical (unpaired) electrons. The Labute approximate surface area is 171 Å². The van der Waals surface area contributed by atoms with Crippen LogP contribution in [0.2, 0.25) is 0 Å². The monoisotopic (exact) mass is 390 g/mol. The lowest BCUT2D eigenvalue weighted by Crippen LogP contribution is -2.22. The van der Waals surface area contributed by atoms with Crippen LogP contribution in [0.25, 0.3) is 0 Å². The predicted molar refractivity (Wildman–Crippen MR) is 117 cm³/mol. The lowest BCUT2D eigenvalue weighted by atomic mass is 10.2. The highest BCUT2D eigenvalue weighted by atomic mass is 16.5. The van der Waals surface area contributed by atoms with Gasteiger partial charge >= 0.3 is 0 Å². The predicted octanol–water partition coefficient (Wildman–Crippen LogP) is 5.71. The van der Waals surface area contributed by atoms with Crippen molar-refractivity contribution in [2.45, 2.75) is 19.8 Å². The second-order valence-electron chi connectivity index (χ2n) is 6.54. The molecule has 150 valence electrons. The van der Waals surface area contributed by atoms with E-state index >= 15 is 0 Å². The number of para-hydroxylation sites is 3. The Morgan fingerprint density at radius 2 is 1.55 bits per heavy atom. The van der Waals surface area contributed by atoms with Crippen LogP contribution in [0.3, 0.4) is 0 Å². The quantitative estimate of drug-likeness (QED) is 0.435. The minimum Gasteiger partial charge on any atom is -0.491 e. The number of amides is 1. The molecule has 3 aromatic carbocycles. The second-order valence-corrected chi connectivity index (χ2v) is 6.54. The van der Waals surface area contributed by atoms with Crippen LogP contribution in [-0.4, -0.2) is 19.1 Å². The van der Waals surface area contributed by atoms with E-state index < -0.39 is 0 Å². The van der Waals surface area contributed by atoms with Gasteiger partial charge in [0, 0.05) is 5.69 Å². The summed E-state index contributed by atoms with van der Waals surface area (Å²) in [5.41, 5.74) is 1.52. The maximum atomic E-state index is 12.3. The number of rotatable bonds is 10. The molecule has 0 spiro atoms. The summed E-state index contributed by atoms with van der Waals surface area (Å²) in [5, 5.41) is 6.02. The van der Waals surface area contributed by atoms with Crippen molar-refractivity contribution in [3.8, 4) is 17.2 Å². The summed E-state index contributed by atoms with van der Waals surface area (Å²) < 4.78 is 11.5. The molecule has 0 saturated heterocycles. The molecule has 0 aliphatic carbocycles. The van der Waals surface area contributed by atoms with E-state index in [2.05, 4.69) is 17.6 Å². The zero-order valence-corrected chi connectivity index (χ0v) is 16.6. The van der Waals surface area contributed by atoms with Gasteiger partial charge in [0.25, 0.3) is 0 Å². The number of anilines is 2. The van der Waals surface area contributed by atoms with E-state index in [1.54, 1.807) is 0 Å². The molecular formula is C24H26N2O3. The van der Waals surface area contributed by atoms with Crippen molar-refractivity contribution in [1.82, 2.24) is 0 Å². The van der Waals surface area contributed by atoms with Crippen LogP contribution in [0.15, 0.2) is 78.9 Å². The summed E-state index contributed by atoms with van der Waals surface area (Å²) in [6, 6.07) is 24.6. The lowest BCUT2D eigenvalue weighted by Gasteiger charge is -2.13. The van der Waals surface area contributed by atoms with Crippen molar-refractivity contribution >= 4 is 17.3 Å². The van der Waals surface area contributed by atoms with Crippen LogP contribution in [-0.2, 0) is 4.79 Å². The van der Waals surface area contributed by atoms with E-state index in [0.29, 0.717) is 18.0 Å². The Bertz CT molecular complexity index is 896. The molecule has 5 nitrogen and oxygen atoms in total. The van der Waals surface area contributed by atoms with Gasteiger partial charge in [-0.05, 0) is 55.0 Å². The van der Waals surface area contributed by atoms with Gasteiger partial charge in [0.05, 0.1) is 18.8 Å². The van der Waals surface area contributed by atoms with E-state index in [0.717, 1.165) is 30.0 Å². The summed E-state index contributed by atoms with van der Waals surface area (Å²) in [5.74, 6) is 2.08. The maximum Gasteiger partial charge on any atom is 0.243 e. The van der Waals surface area contributed by atoms with Gasteiger partial charge in [0.15, 0.2) is 0 Å². The van der Waals surface area contributed by atoms with Crippen LogP contribution in [0, 0.1) is 0 Å². The molecule has 0 heterocycles. The average molecular weight is 390 g/mol. The van der Waals surface area contributed by atoms with Gasteiger partial charge in [0.1, 0.15) is 17.2 Å². The molecule has 0 aliphatic rings. The first-order valence-corrected chi connectivity index (χ1v) is 9.83. The fourth-order valence-corrected chi connectivity index (χ4v) is 2.66. The van der Waals surface area contributed by atoms with Crippen LogP contribution >= 0.6 is 0 Å². The first-order valence-electron chi connectivity index (χ1n) is 9.83. The van der Waals surface area contributed by atoms with E-state index in [-0.39, 0.29) is 12.5 Å². The number of benzene rings is 3. The highest BCUT2D eigenvalue weighted by molar-refractivity contribution is 5.95. The molecule has 0 unspecified atom stereocenters. The molecule has 3 rings (SSSR count). The normalized spacial score (nSPS) is 10.2. The third-order valence-corrected chi connectivity index (χ3v) is 4.20. The highest BCUT2D eigenvalue weighted by Crippen LogP contribution is 2.24. The van der Waals surface area contributed by atoms with Gasteiger partial charge in [-0.15, -0.1) is 0 Å². The molecule has 0 bridgehead atoms. The molecule has 2 N–H and O–H groups in total. The Balaban J connectivity index is 1.49. The van der Waals surface area contributed by atoms with E-state index in [1.807, 2.05) is 78.9 Å². The first kappa shape index (κ1) is 20.3. The maximum absolute atomic E-state index is 12.3. The molecular weight excluding hydrogens is 364 g/mol. The van der Waals surface area contributed by atoms with Crippen molar-refractivity contribution in [3.05, 3.63) is 78.9 Å². The Morgan fingerprint density at radius 1 is 0.862 bits per heavy atom. The lowest BCUT2D eigenvalue weighted by molar-refractivity contribution is -0.114. The molecule has 1 amide bonds. The van der Waals surface area contributed by atoms with Crippen molar-refractivity contribution in [2.75, 3.05) is 23.8 Å². The molecule has 0 atom stereocenters. The molecule has 3 aromatic rings. The third kappa shape index (κ3) is 6.57. The Kier molecular flexibility index (Phi) is 7.52. The second kappa shape index (κ2) is 10.8. The van der Waals surface area contributed by atoms with Crippen molar-refractivity contribution in [2.24, 2.45) is 0 Å². The smallest absolute Gasteiger partial charge is 0.243 e. The molecule has 0 aliphatic heterocycles. The van der Waals surface area contributed by atoms with Crippen LogP contribution in [0.4, 0.5) is 11.4 Å². The summed E-state index contributed by atoms with van der Waals surface area (Å²) in [6.07, 6.45) is 2.04. The Hall–Kier alpha value is -3.47. The minimum atomic E-state index is -0.138. The van der Waals surface area contributed by atoms with Crippen LogP contribution in [0.1, 0.15) is 19.8 Å². The fraction of sp³-hybridized carbons (Fsp3) is 0.208. The van der Waals surface area contributed by atoms with Crippen molar-refractivity contribution in [1.29, 1.82) is 0 Å². The summed E-state index contributed by atoms with van der Waals surface area (Å²) in [4.78, 5) is 12.3. The van der Waals surface area contributed by atoms with Gasteiger partial charge in [-0.25, -0.2) is 0 Å². The number of hydrogen-bond donors (Lipinski definition) is 2. The number of hydrogen-bond acceptors (Lipinski definition) is 4. The highest BCUT2D eigenvalue weighted by Gasteiger charge is 2.07. The third-order valence-electron chi connectivity index (χ3n) is 4.20. The zero-order valence-electron chi connectivity index (χ0n) is 16.6. The van der Waals surface area contributed by atoms with Gasteiger partial charge in [-0.3, -0.25) is 4.79 Å². The topological polar surface area (TPSA) is 59.6 Å². The first-order chi connectivity index (χ1) is 14.2. The molecule has 0 aromatic heterocycles. The summed E-state index contributed by atoms with van der Waals surface area (Å²) >= 11 is 0. The summed E-state index contributed by atoms with van der Waals surface area (Å²) in [6.45, 7) is 2.91. The van der Waals surface area contributed by atoms with Crippen molar-refractivity contribution in [3.63, 3.8) is 0 Å². The van der Waals surface area contributed by atoms with Gasteiger partial charge in [0.2, 0.25) is 5.91 Å². The largest absolute Gasteiger partial charge is 0.491 e. The number of carbonyl (C=O) groups is 1.